The molecule has 1 fully saturated rings. The maximum atomic E-state index is 13.0. The lowest BCUT2D eigenvalue weighted by Gasteiger charge is -2.37. The van der Waals surface area contributed by atoms with Gasteiger partial charge in [0.2, 0.25) is 0 Å². The molecule has 0 radical (unpaired) electrons. The molecule has 0 spiro atoms. The molecule has 0 unspecified atom stereocenters. The largest absolute Gasteiger partial charge is 0.418 e. The number of rotatable bonds is 4. The summed E-state index contributed by atoms with van der Waals surface area (Å²) in [7, 11) is 0. The van der Waals surface area contributed by atoms with E-state index in [9.17, 15) is 13.2 Å². The van der Waals surface area contributed by atoms with Gasteiger partial charge in [0.15, 0.2) is 0 Å². The summed E-state index contributed by atoms with van der Waals surface area (Å²) in [6.07, 6.45) is -1.98. The van der Waals surface area contributed by atoms with E-state index in [0.717, 1.165) is 32.5 Å². The molecule has 2 rings (SSSR count). The predicted molar refractivity (Wildman–Crippen MR) is 75.0 cm³/mol. The van der Waals surface area contributed by atoms with Gasteiger partial charge in [-0.1, -0.05) is 25.5 Å². The van der Waals surface area contributed by atoms with Crippen LogP contribution < -0.4 is 4.90 Å². The summed E-state index contributed by atoms with van der Waals surface area (Å²) < 4.78 is 39.0. The van der Waals surface area contributed by atoms with Crippen LogP contribution in [0, 0.1) is 0 Å². The van der Waals surface area contributed by atoms with Crippen molar-refractivity contribution in [1.29, 1.82) is 0 Å². The highest BCUT2D eigenvalue weighted by Gasteiger charge is 2.35. The summed E-state index contributed by atoms with van der Waals surface area (Å²) in [6.45, 7) is 6.20. The molecular formula is C15H21F3N2. The molecule has 1 aromatic carbocycles. The van der Waals surface area contributed by atoms with Crippen LogP contribution in [0.5, 0.6) is 0 Å². The Labute approximate surface area is 118 Å². The average Bonchev–Trinajstić information content (AvgIpc) is 2.45. The van der Waals surface area contributed by atoms with E-state index in [1.165, 1.54) is 12.1 Å². The molecule has 2 nitrogen and oxygen atoms in total. The fourth-order valence-corrected chi connectivity index (χ4v) is 2.58. The lowest BCUT2D eigenvalue weighted by atomic mass is 10.1. The third kappa shape index (κ3) is 3.66. The predicted octanol–water partition coefficient (Wildman–Crippen LogP) is 3.63. The van der Waals surface area contributed by atoms with Crippen molar-refractivity contribution in [2.75, 3.05) is 37.6 Å². The molecule has 0 aliphatic carbocycles. The van der Waals surface area contributed by atoms with Crippen LogP contribution in [0.1, 0.15) is 25.3 Å². The molecule has 0 atom stereocenters. The van der Waals surface area contributed by atoms with Gasteiger partial charge in [-0.3, -0.25) is 4.90 Å². The van der Waals surface area contributed by atoms with Crippen LogP contribution >= 0.6 is 0 Å². The Morgan fingerprint density at radius 2 is 1.70 bits per heavy atom. The molecule has 0 bridgehead atoms. The zero-order valence-electron chi connectivity index (χ0n) is 11.8. The van der Waals surface area contributed by atoms with Gasteiger partial charge in [0, 0.05) is 31.9 Å². The third-order valence-corrected chi connectivity index (χ3v) is 3.75. The van der Waals surface area contributed by atoms with E-state index in [4.69, 9.17) is 0 Å². The summed E-state index contributed by atoms with van der Waals surface area (Å²) >= 11 is 0. The van der Waals surface area contributed by atoms with Gasteiger partial charge >= 0.3 is 6.18 Å². The number of hydrogen-bond acceptors (Lipinski definition) is 2. The van der Waals surface area contributed by atoms with Crippen molar-refractivity contribution in [1.82, 2.24) is 4.90 Å². The minimum absolute atomic E-state index is 0.315. The monoisotopic (exact) mass is 286 g/mol. The smallest absolute Gasteiger partial charge is 0.368 e. The molecule has 0 aromatic heterocycles. The van der Waals surface area contributed by atoms with E-state index in [1.807, 2.05) is 4.90 Å². The number of alkyl halides is 3. The summed E-state index contributed by atoms with van der Waals surface area (Å²) in [4.78, 5) is 4.18. The number of nitrogens with zero attached hydrogens (tertiary/aromatic N) is 2. The first-order chi connectivity index (χ1) is 9.52. The first-order valence-electron chi connectivity index (χ1n) is 7.16. The lowest BCUT2D eigenvalue weighted by Crippen LogP contribution is -2.47. The Morgan fingerprint density at radius 1 is 1.05 bits per heavy atom. The summed E-state index contributed by atoms with van der Waals surface area (Å²) in [6, 6.07) is 5.86. The number of anilines is 1. The molecule has 0 saturated carbocycles. The standard InChI is InChI=1S/C15H21F3N2/c1-2-3-8-19-9-11-20(12-10-19)14-7-5-4-6-13(14)15(16,17)18/h4-7H,2-3,8-12H2,1H3. The third-order valence-electron chi connectivity index (χ3n) is 3.75. The SMILES string of the molecule is CCCCN1CCN(c2ccccc2C(F)(F)F)CC1. The molecule has 0 N–H and O–H groups in total. The average molecular weight is 286 g/mol. The Morgan fingerprint density at radius 3 is 2.30 bits per heavy atom. The van der Waals surface area contributed by atoms with E-state index in [0.29, 0.717) is 18.8 Å². The van der Waals surface area contributed by atoms with Gasteiger partial charge in [0.25, 0.3) is 0 Å². The first-order valence-corrected chi connectivity index (χ1v) is 7.16. The summed E-state index contributed by atoms with van der Waals surface area (Å²) in [5, 5.41) is 0. The van der Waals surface area contributed by atoms with E-state index in [-0.39, 0.29) is 0 Å². The van der Waals surface area contributed by atoms with Crippen LogP contribution in [0.25, 0.3) is 0 Å². The van der Waals surface area contributed by atoms with Crippen LogP contribution in [0.15, 0.2) is 24.3 Å². The number of halogens is 3. The Kier molecular flexibility index (Phi) is 4.91. The Bertz CT molecular complexity index is 423. The van der Waals surface area contributed by atoms with Gasteiger partial charge in [-0.25, -0.2) is 0 Å². The number of hydrogen-bond donors (Lipinski definition) is 0. The molecule has 1 aliphatic heterocycles. The zero-order valence-corrected chi connectivity index (χ0v) is 11.8. The van der Waals surface area contributed by atoms with Crippen molar-refractivity contribution >= 4 is 5.69 Å². The second kappa shape index (κ2) is 6.48. The minimum atomic E-state index is -4.28. The highest BCUT2D eigenvalue weighted by Crippen LogP contribution is 2.36. The van der Waals surface area contributed by atoms with Crippen molar-refractivity contribution in [2.24, 2.45) is 0 Å². The topological polar surface area (TPSA) is 6.48 Å². The normalized spacial score (nSPS) is 17.5. The first kappa shape index (κ1) is 15.2. The van der Waals surface area contributed by atoms with Gasteiger partial charge < -0.3 is 4.90 Å². The summed E-state index contributed by atoms with van der Waals surface area (Å²) in [5.41, 5.74) is -0.211. The molecule has 112 valence electrons. The molecular weight excluding hydrogens is 265 g/mol. The van der Waals surface area contributed by atoms with Crippen LogP contribution in [0.3, 0.4) is 0 Å². The highest BCUT2D eigenvalue weighted by atomic mass is 19.4. The Balaban J connectivity index is 2.04. The lowest BCUT2D eigenvalue weighted by molar-refractivity contribution is -0.137. The number of para-hydroxylation sites is 1. The van der Waals surface area contributed by atoms with Crippen molar-refractivity contribution in [3.05, 3.63) is 29.8 Å². The maximum Gasteiger partial charge on any atom is 0.418 e. The molecule has 20 heavy (non-hydrogen) atoms. The van der Waals surface area contributed by atoms with Gasteiger partial charge in [-0.15, -0.1) is 0 Å². The van der Waals surface area contributed by atoms with Gasteiger partial charge in [-0.05, 0) is 25.1 Å². The van der Waals surface area contributed by atoms with Crippen LogP contribution in [0.2, 0.25) is 0 Å². The van der Waals surface area contributed by atoms with Crippen molar-refractivity contribution in [3.63, 3.8) is 0 Å². The van der Waals surface area contributed by atoms with Gasteiger partial charge in [0.1, 0.15) is 0 Å². The van der Waals surface area contributed by atoms with E-state index >= 15 is 0 Å². The quantitative estimate of drug-likeness (QED) is 0.834. The van der Waals surface area contributed by atoms with Crippen molar-refractivity contribution < 1.29 is 13.2 Å². The molecule has 1 heterocycles. The van der Waals surface area contributed by atoms with Gasteiger partial charge in [-0.2, -0.15) is 13.2 Å². The van der Waals surface area contributed by atoms with Crippen LogP contribution in [-0.4, -0.2) is 37.6 Å². The summed E-state index contributed by atoms with van der Waals surface area (Å²) in [5.74, 6) is 0. The molecule has 5 heteroatoms. The van der Waals surface area contributed by atoms with E-state index in [2.05, 4.69) is 11.8 Å². The molecule has 1 aromatic rings. The van der Waals surface area contributed by atoms with Gasteiger partial charge in [0.05, 0.1) is 5.56 Å². The minimum Gasteiger partial charge on any atom is -0.368 e. The zero-order chi connectivity index (χ0) is 14.6. The maximum absolute atomic E-state index is 13.0. The number of unbranched alkanes of at least 4 members (excludes halogenated alkanes) is 1. The second-order valence-corrected chi connectivity index (χ2v) is 5.20. The van der Waals surface area contributed by atoms with Crippen LogP contribution in [-0.2, 0) is 6.18 Å². The molecule has 0 amide bonds. The van der Waals surface area contributed by atoms with Crippen LogP contribution in [0.4, 0.5) is 18.9 Å². The van der Waals surface area contributed by atoms with Crippen molar-refractivity contribution in [3.8, 4) is 0 Å². The number of piperazine rings is 1. The van der Waals surface area contributed by atoms with E-state index in [1.54, 1.807) is 12.1 Å². The fraction of sp³-hybridized carbons (Fsp3) is 0.600. The van der Waals surface area contributed by atoms with E-state index < -0.39 is 11.7 Å². The number of benzene rings is 1. The Hall–Kier alpha value is -1.23. The fourth-order valence-electron chi connectivity index (χ4n) is 2.58. The highest BCUT2D eigenvalue weighted by molar-refractivity contribution is 5.55. The second-order valence-electron chi connectivity index (χ2n) is 5.20. The molecule has 1 saturated heterocycles. The van der Waals surface area contributed by atoms with Crippen molar-refractivity contribution in [2.45, 2.75) is 25.9 Å². The molecule has 1 aliphatic rings.